The summed E-state index contributed by atoms with van der Waals surface area (Å²) in [4.78, 5) is 4.55. The fourth-order valence-corrected chi connectivity index (χ4v) is 7.51. The van der Waals surface area contributed by atoms with E-state index in [-0.39, 0.29) is 33.8 Å². The molecule has 0 bridgehead atoms. The van der Waals surface area contributed by atoms with Gasteiger partial charge in [-0.2, -0.15) is 0 Å². The molecule has 0 aliphatic heterocycles. The van der Waals surface area contributed by atoms with Gasteiger partial charge < -0.3 is 20.4 Å². The van der Waals surface area contributed by atoms with Crippen molar-refractivity contribution in [2.24, 2.45) is 0 Å². The van der Waals surface area contributed by atoms with Crippen LogP contribution in [0.3, 0.4) is 0 Å². The van der Waals surface area contributed by atoms with Gasteiger partial charge in [0.1, 0.15) is 23.0 Å². The molecule has 6 heteroatoms. The molecule has 0 radical (unpaired) electrons. The van der Waals surface area contributed by atoms with Crippen molar-refractivity contribution in [2.75, 3.05) is 13.1 Å². The normalized spacial score (nSPS) is 12.2. The maximum Gasteiger partial charge on any atom is 0.120 e. The second-order valence-electron chi connectivity index (χ2n) is 16.8. The summed E-state index contributed by atoms with van der Waals surface area (Å²) < 4.78 is 0. The first-order valence-corrected chi connectivity index (χ1v) is 20.5. The minimum atomic E-state index is -0.0200. The van der Waals surface area contributed by atoms with E-state index in [4.69, 9.17) is 0 Å². The van der Waals surface area contributed by atoms with Crippen LogP contribution in [0.15, 0.2) is 84.9 Å². The quantitative estimate of drug-likeness (QED) is 0.0567. The van der Waals surface area contributed by atoms with Gasteiger partial charge in [-0.25, -0.2) is 0 Å². The van der Waals surface area contributed by atoms with Gasteiger partial charge in [0.25, 0.3) is 0 Å². The molecule has 0 spiro atoms. The Morgan fingerprint density at radius 1 is 0.426 bits per heavy atom. The number of phenols is 4. The van der Waals surface area contributed by atoms with E-state index >= 15 is 0 Å². The highest BCUT2D eigenvalue weighted by Gasteiger charge is 2.24. The Morgan fingerprint density at radius 3 is 1.15 bits per heavy atom. The van der Waals surface area contributed by atoms with E-state index in [2.05, 4.69) is 75.6 Å². The van der Waals surface area contributed by atoms with Crippen LogP contribution in [0.1, 0.15) is 139 Å². The second-order valence-corrected chi connectivity index (χ2v) is 16.8. The van der Waals surface area contributed by atoms with Crippen LogP contribution < -0.4 is 0 Å². The lowest BCUT2D eigenvalue weighted by molar-refractivity contribution is 0.178. The summed E-state index contributed by atoms with van der Waals surface area (Å²) in [5.74, 6) is 1.04. The summed E-state index contributed by atoms with van der Waals surface area (Å²) in [6, 6.07) is 27.0. The smallest absolute Gasteiger partial charge is 0.120 e. The summed E-state index contributed by atoms with van der Waals surface area (Å²) in [6.07, 6.45) is 11.9. The van der Waals surface area contributed by atoms with Crippen molar-refractivity contribution in [2.45, 2.75) is 143 Å². The molecule has 54 heavy (non-hydrogen) atoms. The summed E-state index contributed by atoms with van der Waals surface area (Å²) in [6.45, 7) is 16.9. The molecule has 0 saturated heterocycles. The van der Waals surface area contributed by atoms with E-state index in [0.717, 1.165) is 35.1 Å². The molecule has 0 heterocycles. The minimum Gasteiger partial charge on any atom is -0.508 e. The Morgan fingerprint density at radius 2 is 0.778 bits per heavy atom. The van der Waals surface area contributed by atoms with Crippen LogP contribution in [-0.2, 0) is 37.0 Å². The van der Waals surface area contributed by atoms with Crippen LogP contribution in [0, 0.1) is 0 Å². The fourth-order valence-electron chi connectivity index (χ4n) is 7.51. The molecule has 4 rings (SSSR count). The zero-order chi connectivity index (χ0) is 39.1. The molecular weight excluding hydrogens is 669 g/mol. The van der Waals surface area contributed by atoms with Crippen molar-refractivity contribution in [3.05, 3.63) is 118 Å². The molecule has 0 aliphatic rings. The summed E-state index contributed by atoms with van der Waals surface area (Å²) >= 11 is 0. The van der Waals surface area contributed by atoms with Crippen molar-refractivity contribution < 1.29 is 20.4 Å². The zero-order valence-corrected chi connectivity index (χ0v) is 34.1. The van der Waals surface area contributed by atoms with E-state index in [1.807, 2.05) is 48.5 Å². The number of benzene rings is 4. The fraction of sp³-hybridized carbons (Fsp3) is 0.500. The molecule has 0 fully saturated rings. The van der Waals surface area contributed by atoms with Crippen molar-refractivity contribution in [1.29, 1.82) is 0 Å². The van der Waals surface area contributed by atoms with E-state index in [0.29, 0.717) is 39.3 Å². The van der Waals surface area contributed by atoms with Gasteiger partial charge in [0.05, 0.1) is 0 Å². The van der Waals surface area contributed by atoms with Crippen LogP contribution in [0.25, 0.3) is 0 Å². The third-order valence-corrected chi connectivity index (χ3v) is 11.3. The van der Waals surface area contributed by atoms with Gasteiger partial charge >= 0.3 is 0 Å². The molecular formula is C48H68N2O4. The highest BCUT2D eigenvalue weighted by molar-refractivity contribution is 5.41. The van der Waals surface area contributed by atoms with E-state index in [9.17, 15) is 20.4 Å². The molecule has 0 aliphatic carbocycles. The molecule has 294 valence electrons. The highest BCUT2D eigenvalue weighted by Crippen LogP contribution is 2.35. The molecule has 0 unspecified atom stereocenters. The van der Waals surface area contributed by atoms with Crippen molar-refractivity contribution in [3.63, 3.8) is 0 Å². The number of hydrogen-bond acceptors (Lipinski definition) is 6. The summed E-state index contributed by atoms with van der Waals surface area (Å²) in [5.41, 5.74) is 5.78. The van der Waals surface area contributed by atoms with Crippen LogP contribution in [0.4, 0.5) is 0 Å². The number of phenolic OH excluding ortho intramolecular Hbond substituents is 4. The lowest BCUT2D eigenvalue weighted by Crippen LogP contribution is -2.34. The maximum absolute atomic E-state index is 11.2. The monoisotopic (exact) mass is 737 g/mol. The zero-order valence-electron chi connectivity index (χ0n) is 34.1. The lowest BCUT2D eigenvalue weighted by Gasteiger charge is -2.31. The van der Waals surface area contributed by atoms with E-state index in [1.165, 1.54) is 62.5 Å². The van der Waals surface area contributed by atoms with Gasteiger partial charge in [0.2, 0.25) is 0 Å². The van der Waals surface area contributed by atoms with E-state index < -0.39 is 0 Å². The number of aromatic hydroxyl groups is 4. The SMILES string of the molecule is CCCCCCC(C)(C)c1ccc(O)c(CN(CCN(Cc2ccccc2O)Cc2cc(C(C)(C)CCCCCC)ccc2O)Cc2ccccc2O)c1. The Bertz CT molecular complexity index is 1600. The first-order valence-electron chi connectivity index (χ1n) is 20.5. The molecule has 4 aromatic carbocycles. The maximum atomic E-state index is 11.2. The molecule has 0 saturated carbocycles. The largest absolute Gasteiger partial charge is 0.508 e. The van der Waals surface area contributed by atoms with Crippen LogP contribution in [0.2, 0.25) is 0 Å². The third-order valence-electron chi connectivity index (χ3n) is 11.3. The highest BCUT2D eigenvalue weighted by atomic mass is 16.3. The van der Waals surface area contributed by atoms with Gasteiger partial charge in [-0.15, -0.1) is 0 Å². The summed E-state index contributed by atoms with van der Waals surface area (Å²) in [5, 5.41) is 44.0. The topological polar surface area (TPSA) is 87.4 Å². The number of nitrogens with zero attached hydrogens (tertiary/aromatic N) is 2. The van der Waals surface area contributed by atoms with E-state index in [1.54, 1.807) is 12.1 Å². The van der Waals surface area contributed by atoms with Crippen LogP contribution >= 0.6 is 0 Å². The Labute approximate surface area is 326 Å². The first kappa shape index (κ1) is 42.7. The van der Waals surface area contributed by atoms with Crippen molar-refractivity contribution in [1.82, 2.24) is 9.80 Å². The van der Waals surface area contributed by atoms with Crippen molar-refractivity contribution in [3.8, 4) is 23.0 Å². The van der Waals surface area contributed by atoms with Crippen LogP contribution in [-0.4, -0.2) is 43.3 Å². The number of unbranched alkanes of at least 4 members (excludes halogenated alkanes) is 6. The van der Waals surface area contributed by atoms with Gasteiger partial charge in [0.15, 0.2) is 0 Å². The number of hydrogen-bond donors (Lipinski definition) is 4. The number of para-hydroxylation sites is 2. The van der Waals surface area contributed by atoms with Gasteiger partial charge in [0, 0.05) is 61.5 Å². The lowest BCUT2D eigenvalue weighted by atomic mass is 9.79. The Hall–Kier alpha value is -4.00. The predicted molar refractivity (Wildman–Crippen MR) is 224 cm³/mol. The first-order chi connectivity index (χ1) is 25.8. The molecule has 6 nitrogen and oxygen atoms in total. The minimum absolute atomic E-state index is 0.0200. The average Bonchev–Trinajstić information content (AvgIpc) is 3.14. The molecule has 0 amide bonds. The van der Waals surface area contributed by atoms with Gasteiger partial charge in [-0.05, 0) is 59.1 Å². The predicted octanol–water partition coefficient (Wildman–Crippen LogP) is 11.7. The van der Waals surface area contributed by atoms with Gasteiger partial charge in [-0.1, -0.05) is 154 Å². The Kier molecular flexibility index (Phi) is 16.3. The molecule has 4 aromatic rings. The molecule has 0 aromatic heterocycles. The average molecular weight is 737 g/mol. The number of rotatable bonds is 23. The molecule has 4 N–H and O–H groups in total. The summed E-state index contributed by atoms with van der Waals surface area (Å²) in [7, 11) is 0. The molecule has 0 atom stereocenters. The van der Waals surface area contributed by atoms with Gasteiger partial charge in [-0.3, -0.25) is 9.80 Å². The van der Waals surface area contributed by atoms with Crippen molar-refractivity contribution >= 4 is 0 Å². The Balaban J connectivity index is 1.62. The standard InChI is InChI=1S/C48H68N2O4/c1-7-9-11-17-27-47(3,4)41-23-25-45(53)39(31-41)35-49(33-37-19-13-15-21-43(37)51)29-30-50(34-38-20-14-16-22-44(38)52)36-40-32-42(24-26-46(40)54)48(5,6)28-18-12-10-8-2/h13-16,19-26,31-32,51-54H,7-12,17-18,27-30,33-36H2,1-6H3. The second kappa shape index (κ2) is 20.6. The van der Waals surface area contributed by atoms with Crippen LogP contribution in [0.5, 0.6) is 23.0 Å². The third kappa shape index (κ3) is 12.8.